The second-order valence-electron chi connectivity index (χ2n) is 6.83. The van der Waals surface area contributed by atoms with E-state index >= 15 is 0 Å². The Balaban J connectivity index is 0.000000604. The average Bonchev–Trinajstić information content (AvgIpc) is 2.80. The maximum atomic E-state index is 13.1. The van der Waals surface area contributed by atoms with Crippen LogP contribution in [0.25, 0.3) is 0 Å². The number of nitrogens with zero attached hydrogens (tertiary/aromatic N) is 2. The van der Waals surface area contributed by atoms with Crippen molar-refractivity contribution in [2.75, 3.05) is 31.1 Å². The molecule has 0 aliphatic carbocycles. The fraction of sp³-hybridized carbons (Fsp3) is 0.273. The second-order valence-corrected chi connectivity index (χ2v) is 8.72. The minimum atomic E-state index is -3.85. The van der Waals surface area contributed by atoms with E-state index in [2.05, 4.69) is 17.6 Å². The number of benzene rings is 2. The van der Waals surface area contributed by atoms with E-state index in [0.29, 0.717) is 12.3 Å². The van der Waals surface area contributed by atoms with E-state index in [4.69, 9.17) is 4.74 Å². The van der Waals surface area contributed by atoms with Crippen LogP contribution in [0, 0.1) is 17.7 Å². The Morgan fingerprint density at radius 3 is 2.38 bits per heavy atom. The van der Waals surface area contributed by atoms with Gasteiger partial charge in [0.05, 0.1) is 11.4 Å². The third-order valence-electron chi connectivity index (χ3n) is 4.62. The van der Waals surface area contributed by atoms with Crippen LogP contribution in [0.1, 0.15) is 6.92 Å². The van der Waals surface area contributed by atoms with Crippen LogP contribution in [-0.2, 0) is 14.8 Å². The summed E-state index contributed by atoms with van der Waals surface area (Å²) < 4.78 is 45.3. The second kappa shape index (κ2) is 12.5. The number of aliphatic hydroxyl groups excluding tert-OH is 1. The molecule has 1 saturated heterocycles. The molecule has 1 aliphatic rings. The molecule has 12 heteroatoms. The number of piperazine rings is 1. The SMILES string of the molecule is CC#CCOc1ccc(S(=O)(=O)N2CCN(c3ccc(F)cc3)CC2O)cc1.NC(=O)NC=O. The van der Waals surface area contributed by atoms with Crippen molar-refractivity contribution in [3.05, 3.63) is 54.3 Å². The lowest BCUT2D eigenvalue weighted by molar-refractivity contribution is -0.108. The highest BCUT2D eigenvalue weighted by molar-refractivity contribution is 7.89. The maximum absolute atomic E-state index is 13.1. The molecule has 0 aromatic heterocycles. The zero-order valence-electron chi connectivity index (χ0n) is 18.3. The van der Waals surface area contributed by atoms with Gasteiger partial charge in [0.15, 0.2) is 0 Å². The molecule has 1 aliphatic heterocycles. The predicted octanol–water partition coefficient (Wildman–Crippen LogP) is 0.868. The van der Waals surface area contributed by atoms with Gasteiger partial charge in [-0.25, -0.2) is 17.6 Å². The summed E-state index contributed by atoms with van der Waals surface area (Å²) in [5, 5.41) is 12.1. The highest BCUT2D eigenvalue weighted by Gasteiger charge is 2.35. The lowest BCUT2D eigenvalue weighted by atomic mass is 10.2. The molecule has 1 heterocycles. The van der Waals surface area contributed by atoms with E-state index in [1.807, 2.05) is 4.90 Å². The minimum Gasteiger partial charge on any atom is -0.481 e. The first-order chi connectivity index (χ1) is 16.2. The molecular weight excluding hydrogens is 467 g/mol. The molecule has 2 aromatic rings. The molecule has 0 radical (unpaired) electrons. The van der Waals surface area contributed by atoms with Gasteiger partial charge in [0.2, 0.25) is 16.4 Å². The van der Waals surface area contributed by atoms with Crippen molar-refractivity contribution in [1.29, 1.82) is 0 Å². The lowest BCUT2D eigenvalue weighted by Gasteiger charge is -2.39. The molecule has 34 heavy (non-hydrogen) atoms. The van der Waals surface area contributed by atoms with Crippen molar-refractivity contribution in [1.82, 2.24) is 9.62 Å². The summed E-state index contributed by atoms with van der Waals surface area (Å²) in [5.74, 6) is 5.64. The molecule has 1 atom stereocenters. The van der Waals surface area contributed by atoms with E-state index in [1.165, 1.54) is 24.3 Å². The van der Waals surface area contributed by atoms with Gasteiger partial charge in [-0.15, -0.1) is 5.92 Å². The van der Waals surface area contributed by atoms with Crippen molar-refractivity contribution >= 4 is 28.2 Å². The Hall–Kier alpha value is -3.66. The van der Waals surface area contributed by atoms with Gasteiger partial charge in [0, 0.05) is 18.8 Å². The number of carbonyl (C=O) groups is 2. The maximum Gasteiger partial charge on any atom is 0.318 e. The number of ether oxygens (including phenoxy) is 1. The van der Waals surface area contributed by atoms with Crippen molar-refractivity contribution < 1.29 is 32.2 Å². The summed E-state index contributed by atoms with van der Waals surface area (Å²) in [6.07, 6.45) is -0.984. The first-order valence-corrected chi connectivity index (χ1v) is 11.5. The number of carbonyl (C=O) groups excluding carboxylic acids is 2. The number of nitrogens with two attached hydrogens (primary N) is 1. The minimum absolute atomic E-state index is 0.0794. The number of rotatable bonds is 6. The number of amides is 3. The van der Waals surface area contributed by atoms with Crippen LogP contribution in [-0.4, -0.2) is 62.7 Å². The number of halogens is 1. The zero-order chi connectivity index (χ0) is 25.1. The summed E-state index contributed by atoms with van der Waals surface area (Å²) >= 11 is 0. The van der Waals surface area contributed by atoms with E-state index in [-0.39, 0.29) is 36.8 Å². The molecular formula is C22H25FN4O6S. The van der Waals surface area contributed by atoms with Gasteiger partial charge < -0.3 is 20.5 Å². The molecule has 1 unspecified atom stereocenters. The Morgan fingerprint density at radius 1 is 1.24 bits per heavy atom. The van der Waals surface area contributed by atoms with Crippen LogP contribution in [0.5, 0.6) is 5.75 Å². The fourth-order valence-corrected chi connectivity index (χ4v) is 4.47. The van der Waals surface area contributed by atoms with Crippen molar-refractivity contribution in [3.8, 4) is 17.6 Å². The van der Waals surface area contributed by atoms with Crippen molar-refractivity contribution in [2.45, 2.75) is 18.0 Å². The molecule has 3 rings (SSSR count). The Labute approximate surface area is 197 Å². The Kier molecular flexibility index (Phi) is 9.81. The van der Waals surface area contributed by atoms with Crippen molar-refractivity contribution in [2.24, 2.45) is 5.73 Å². The molecule has 0 bridgehead atoms. The number of nitrogens with one attached hydrogen (secondary N) is 1. The molecule has 2 aromatic carbocycles. The lowest BCUT2D eigenvalue weighted by Crippen LogP contribution is -2.55. The van der Waals surface area contributed by atoms with Crippen LogP contribution in [0.2, 0.25) is 0 Å². The Morgan fingerprint density at radius 2 is 1.88 bits per heavy atom. The summed E-state index contributed by atoms with van der Waals surface area (Å²) in [6.45, 7) is 2.54. The van der Waals surface area contributed by atoms with E-state index < -0.39 is 22.3 Å². The van der Waals surface area contributed by atoms with E-state index in [9.17, 15) is 27.5 Å². The van der Waals surface area contributed by atoms with E-state index in [1.54, 1.807) is 36.5 Å². The number of anilines is 1. The molecule has 3 amide bonds. The number of sulfonamides is 1. The first kappa shape index (κ1) is 26.6. The summed E-state index contributed by atoms with van der Waals surface area (Å²) in [4.78, 5) is 20.6. The summed E-state index contributed by atoms with van der Waals surface area (Å²) in [7, 11) is -3.85. The van der Waals surface area contributed by atoms with Crippen LogP contribution in [0.3, 0.4) is 0 Å². The highest BCUT2D eigenvalue weighted by atomic mass is 32.2. The number of hydrogen-bond donors (Lipinski definition) is 3. The zero-order valence-corrected chi connectivity index (χ0v) is 19.2. The normalized spacial score (nSPS) is 15.7. The van der Waals surface area contributed by atoms with E-state index in [0.717, 1.165) is 9.99 Å². The number of β-amino-alcohol motifs (C(OH)–C–C–N with tert-alkyl or cyclic N) is 1. The standard InChI is InChI=1S/C20H21FN2O4S.C2H4N2O2/c1-2-3-14-27-18-8-10-19(11-9-18)28(25,26)23-13-12-22(15-20(23)24)17-6-4-16(21)5-7-17;3-2(6)4-1-5/h4-11,20,24H,12-15H2,1H3;1H,(H3,3,4,5,6). The molecule has 182 valence electrons. The van der Waals surface area contributed by atoms with Crippen LogP contribution >= 0.6 is 0 Å². The number of urea groups is 1. The number of hydrogen-bond acceptors (Lipinski definition) is 7. The summed E-state index contributed by atoms with van der Waals surface area (Å²) in [6, 6.07) is 11.1. The van der Waals surface area contributed by atoms with Gasteiger partial charge in [0.25, 0.3) is 0 Å². The van der Waals surface area contributed by atoms with Gasteiger partial charge in [-0.2, -0.15) is 4.31 Å². The van der Waals surface area contributed by atoms with Crippen LogP contribution in [0.15, 0.2) is 53.4 Å². The quantitative estimate of drug-likeness (QED) is 0.401. The molecule has 1 fully saturated rings. The van der Waals surface area contributed by atoms with Gasteiger partial charge in [-0.1, -0.05) is 5.92 Å². The number of imide groups is 1. The summed E-state index contributed by atoms with van der Waals surface area (Å²) in [5.41, 5.74) is 5.15. The number of primary amides is 1. The molecule has 10 nitrogen and oxygen atoms in total. The highest BCUT2D eigenvalue weighted by Crippen LogP contribution is 2.25. The van der Waals surface area contributed by atoms with Gasteiger partial charge in [-0.3, -0.25) is 10.1 Å². The topological polar surface area (TPSA) is 142 Å². The van der Waals surface area contributed by atoms with Crippen LogP contribution in [0.4, 0.5) is 14.9 Å². The molecule has 0 spiro atoms. The third-order valence-corrected chi connectivity index (χ3v) is 6.53. The first-order valence-electron chi connectivity index (χ1n) is 10.0. The van der Waals surface area contributed by atoms with Gasteiger partial charge in [0.1, 0.15) is 24.4 Å². The predicted molar refractivity (Wildman–Crippen MR) is 123 cm³/mol. The van der Waals surface area contributed by atoms with Crippen molar-refractivity contribution in [3.63, 3.8) is 0 Å². The monoisotopic (exact) mass is 492 g/mol. The van der Waals surface area contributed by atoms with Crippen LogP contribution < -0.4 is 20.7 Å². The largest absolute Gasteiger partial charge is 0.481 e. The van der Waals surface area contributed by atoms with Gasteiger partial charge >= 0.3 is 6.03 Å². The Bertz CT molecular complexity index is 1130. The molecule has 4 N–H and O–H groups in total. The molecule has 0 saturated carbocycles. The average molecular weight is 493 g/mol. The smallest absolute Gasteiger partial charge is 0.318 e. The fourth-order valence-electron chi connectivity index (χ4n) is 3.01. The van der Waals surface area contributed by atoms with Gasteiger partial charge in [-0.05, 0) is 55.5 Å². The third kappa shape index (κ3) is 7.45. The number of aliphatic hydroxyl groups is 1.